The number of rotatable bonds is 5. The molecule has 154 valence electrons. The van der Waals surface area contributed by atoms with E-state index in [-0.39, 0.29) is 33.1 Å². The molecule has 1 heterocycles. The minimum atomic E-state index is -4.78. The molecule has 0 aliphatic carbocycles. The van der Waals surface area contributed by atoms with E-state index in [4.69, 9.17) is 11.6 Å². The van der Waals surface area contributed by atoms with E-state index in [1.54, 1.807) is 0 Å². The molecule has 2 N–H and O–H groups in total. The van der Waals surface area contributed by atoms with Gasteiger partial charge in [-0.2, -0.15) is 13.5 Å². The molecule has 1 aromatic carbocycles. The van der Waals surface area contributed by atoms with Crippen molar-refractivity contribution >= 4 is 55.1 Å². The number of aryl methyl sites for hydroxylation is 1. The third-order valence-electron chi connectivity index (χ3n) is 4.34. The molecule has 0 radical (unpaired) electrons. The molecule has 1 atom stereocenters. The summed E-state index contributed by atoms with van der Waals surface area (Å²) in [5.74, 6) is -0.527. The molecule has 1 aromatic heterocycles. The summed E-state index contributed by atoms with van der Waals surface area (Å²) in [5, 5.41) is 7.35. The van der Waals surface area contributed by atoms with Crippen LogP contribution >= 0.6 is 27.5 Å². The summed E-state index contributed by atoms with van der Waals surface area (Å²) in [4.78, 5) is 13.0. The van der Waals surface area contributed by atoms with Crippen molar-refractivity contribution in [3.8, 4) is 0 Å². The number of amides is 1. The van der Waals surface area contributed by atoms with Crippen LogP contribution in [-0.4, -0.2) is 34.7 Å². The summed E-state index contributed by atoms with van der Waals surface area (Å²) in [6, 6.07) is 5.56. The molecule has 0 saturated carbocycles. The molecule has 0 spiro atoms. The molecule has 8 nitrogen and oxygen atoms in total. The fourth-order valence-corrected chi connectivity index (χ4v) is 3.99. The average molecular weight is 494 g/mol. The summed E-state index contributed by atoms with van der Waals surface area (Å²) in [5.41, 5.74) is -0.259. The number of carbonyl (C=O) groups excluding carboxylic acids is 1. The Morgan fingerprint density at radius 2 is 1.86 bits per heavy atom. The predicted molar refractivity (Wildman–Crippen MR) is 112 cm³/mol. The fourth-order valence-electron chi connectivity index (χ4n) is 2.35. The lowest BCUT2D eigenvalue weighted by Gasteiger charge is -2.28. The number of anilines is 2. The van der Waals surface area contributed by atoms with Crippen molar-refractivity contribution in [2.75, 3.05) is 4.31 Å². The second-order valence-corrected chi connectivity index (χ2v) is 9.84. The van der Waals surface area contributed by atoms with Gasteiger partial charge < -0.3 is 5.32 Å². The van der Waals surface area contributed by atoms with Gasteiger partial charge in [-0.25, -0.2) is 4.31 Å². The van der Waals surface area contributed by atoms with E-state index in [9.17, 15) is 17.8 Å². The van der Waals surface area contributed by atoms with E-state index in [0.717, 1.165) is 0 Å². The molecule has 1 amide bonds. The highest BCUT2D eigenvalue weighted by molar-refractivity contribution is 9.10. The first kappa shape index (κ1) is 22.7. The van der Waals surface area contributed by atoms with Gasteiger partial charge in [0.15, 0.2) is 10.3 Å². The Hall–Kier alpha value is -1.62. The zero-order valence-electron chi connectivity index (χ0n) is 16.1. The average Bonchev–Trinajstić information content (AvgIpc) is 2.81. The molecular formula is C17H22BrClN4O4S. The molecule has 2 rings (SSSR count). The van der Waals surface area contributed by atoms with E-state index >= 15 is 0 Å². The lowest BCUT2D eigenvalue weighted by molar-refractivity contribution is 0.0901. The van der Waals surface area contributed by atoms with E-state index < -0.39 is 16.2 Å². The maximum Gasteiger partial charge on any atom is 0.364 e. The Morgan fingerprint density at radius 3 is 2.32 bits per heavy atom. The van der Waals surface area contributed by atoms with Gasteiger partial charge in [0.1, 0.15) is 5.69 Å². The van der Waals surface area contributed by atoms with E-state index in [2.05, 4.69) is 26.3 Å². The summed E-state index contributed by atoms with van der Waals surface area (Å²) in [6.07, 6.45) is 0. The van der Waals surface area contributed by atoms with Gasteiger partial charge in [0.05, 0.1) is 5.69 Å². The molecule has 11 heteroatoms. The molecule has 2 aromatic rings. The summed E-state index contributed by atoms with van der Waals surface area (Å²) >= 11 is 9.07. The maximum atomic E-state index is 13.0. The molecule has 0 fully saturated rings. The second-order valence-electron chi connectivity index (χ2n) is 7.39. The predicted octanol–water partition coefficient (Wildman–Crippen LogP) is 3.94. The highest BCUT2D eigenvalue weighted by Gasteiger charge is 2.34. The van der Waals surface area contributed by atoms with Crippen LogP contribution < -0.4 is 9.62 Å². The molecule has 28 heavy (non-hydrogen) atoms. The minimum absolute atomic E-state index is 0.0319. The van der Waals surface area contributed by atoms with Crippen LogP contribution in [0, 0.1) is 5.41 Å². The summed E-state index contributed by atoms with van der Waals surface area (Å²) in [6.45, 7) is 7.76. The Bertz CT molecular complexity index is 984. The number of carbonyl (C=O) groups is 1. The number of hydrogen-bond acceptors (Lipinski definition) is 4. The largest absolute Gasteiger partial charge is 0.364 e. The van der Waals surface area contributed by atoms with Crippen LogP contribution in [0.5, 0.6) is 0 Å². The number of halogens is 2. The smallest absolute Gasteiger partial charge is 0.348 e. The number of aromatic nitrogens is 2. The molecule has 1 unspecified atom stereocenters. The first-order valence-electron chi connectivity index (χ1n) is 8.30. The third kappa shape index (κ3) is 4.86. The van der Waals surface area contributed by atoms with E-state index in [0.29, 0.717) is 9.33 Å². The van der Waals surface area contributed by atoms with Crippen LogP contribution in [0.15, 0.2) is 28.9 Å². The summed E-state index contributed by atoms with van der Waals surface area (Å²) in [7, 11) is -3.27. The minimum Gasteiger partial charge on any atom is -0.348 e. The van der Waals surface area contributed by atoms with Crippen LogP contribution in [0.1, 0.15) is 38.2 Å². The Balaban J connectivity index is 2.63. The van der Waals surface area contributed by atoms with Crippen molar-refractivity contribution in [1.82, 2.24) is 15.1 Å². The van der Waals surface area contributed by atoms with Gasteiger partial charge in [-0.3, -0.25) is 14.0 Å². The van der Waals surface area contributed by atoms with Crippen molar-refractivity contribution in [3.63, 3.8) is 0 Å². The van der Waals surface area contributed by atoms with Gasteiger partial charge in [-0.15, -0.1) is 0 Å². The highest BCUT2D eigenvalue weighted by atomic mass is 79.9. The van der Waals surface area contributed by atoms with Crippen LogP contribution in [0.2, 0.25) is 5.02 Å². The fraction of sp³-hybridized carbons (Fsp3) is 0.412. The van der Waals surface area contributed by atoms with Crippen LogP contribution in [0.3, 0.4) is 0 Å². The van der Waals surface area contributed by atoms with E-state index in [1.165, 1.54) is 36.0 Å². The number of nitrogens with one attached hydrogen (secondary N) is 1. The highest BCUT2D eigenvalue weighted by Crippen LogP contribution is 2.37. The maximum absolute atomic E-state index is 13.0. The van der Waals surface area contributed by atoms with Crippen LogP contribution in [0.25, 0.3) is 0 Å². The number of hydrogen-bond donors (Lipinski definition) is 2. The molecule has 0 aliphatic heterocycles. The van der Waals surface area contributed by atoms with Gasteiger partial charge in [-0.1, -0.05) is 32.4 Å². The molecule has 0 aliphatic rings. The van der Waals surface area contributed by atoms with Crippen molar-refractivity contribution in [3.05, 3.63) is 39.6 Å². The zero-order valence-corrected chi connectivity index (χ0v) is 19.2. The van der Waals surface area contributed by atoms with Gasteiger partial charge in [0.25, 0.3) is 5.91 Å². The molecule has 0 bridgehead atoms. The quantitative estimate of drug-likeness (QED) is 0.614. The molecular weight excluding hydrogens is 472 g/mol. The SMILES string of the molecule is CC(NC(=O)c1c(N(c2ccc(Cl)cc2)S(=O)(=O)O)c(Br)nn1C)C(C)(C)C. The lowest BCUT2D eigenvalue weighted by Crippen LogP contribution is -2.42. The Kier molecular flexibility index (Phi) is 6.49. The Morgan fingerprint density at radius 1 is 1.32 bits per heavy atom. The van der Waals surface area contributed by atoms with Crippen molar-refractivity contribution in [2.24, 2.45) is 12.5 Å². The zero-order chi connectivity index (χ0) is 21.4. The van der Waals surface area contributed by atoms with Crippen LogP contribution in [-0.2, 0) is 17.4 Å². The van der Waals surface area contributed by atoms with Gasteiger partial charge in [-0.05, 0) is 52.5 Å². The van der Waals surface area contributed by atoms with Crippen molar-refractivity contribution in [2.45, 2.75) is 33.7 Å². The number of nitrogens with zero attached hydrogens (tertiary/aromatic N) is 3. The standard InChI is InChI=1S/C17H22BrClN4O4S/c1-10(17(2,3)4)20-16(24)14-13(15(18)21-22(14)5)23(28(25,26)27)12-8-6-11(19)7-9-12/h6-10H,1-5H3,(H,20,24)(H,25,26,27). The normalized spacial score (nSPS) is 13.3. The van der Waals surface area contributed by atoms with Gasteiger partial charge >= 0.3 is 10.3 Å². The van der Waals surface area contributed by atoms with E-state index in [1.807, 2.05) is 27.7 Å². The van der Waals surface area contributed by atoms with Crippen molar-refractivity contribution < 1.29 is 17.8 Å². The van der Waals surface area contributed by atoms with Gasteiger partial charge in [0.2, 0.25) is 0 Å². The molecule has 0 saturated heterocycles. The topological polar surface area (TPSA) is 105 Å². The van der Waals surface area contributed by atoms with Crippen molar-refractivity contribution in [1.29, 1.82) is 0 Å². The Labute approximate surface area is 177 Å². The van der Waals surface area contributed by atoms with Crippen LogP contribution in [0.4, 0.5) is 11.4 Å². The first-order valence-corrected chi connectivity index (χ1v) is 10.9. The lowest BCUT2D eigenvalue weighted by atomic mass is 9.88. The monoisotopic (exact) mass is 492 g/mol. The number of benzene rings is 1. The van der Waals surface area contributed by atoms with Gasteiger partial charge in [0, 0.05) is 18.1 Å². The third-order valence-corrected chi connectivity index (χ3v) is 5.98. The first-order chi connectivity index (χ1) is 12.7. The second kappa shape index (κ2) is 8.02. The summed E-state index contributed by atoms with van der Waals surface area (Å²) < 4.78 is 36.2.